The molecule has 3 amide bonds. The predicted octanol–water partition coefficient (Wildman–Crippen LogP) is 1.88. The minimum atomic E-state index is -0.854. The van der Waals surface area contributed by atoms with E-state index in [-0.39, 0.29) is 11.4 Å². The van der Waals surface area contributed by atoms with Gasteiger partial charge in [-0.25, -0.2) is 9.18 Å². The van der Waals surface area contributed by atoms with Crippen LogP contribution in [0.3, 0.4) is 0 Å². The summed E-state index contributed by atoms with van der Waals surface area (Å²) < 4.78 is 19.7. The summed E-state index contributed by atoms with van der Waals surface area (Å²) >= 11 is 0. The molecule has 9 heteroatoms. The van der Waals surface area contributed by atoms with Crippen LogP contribution in [0.4, 0.5) is 15.0 Å². The van der Waals surface area contributed by atoms with Gasteiger partial charge in [0.25, 0.3) is 5.91 Å². The molecule has 3 rings (SSSR count). The molecule has 2 heterocycles. The maximum absolute atomic E-state index is 13.8. The first kappa shape index (κ1) is 18.7. The quantitative estimate of drug-likeness (QED) is 0.589. The molecule has 0 spiro atoms. The van der Waals surface area contributed by atoms with Crippen LogP contribution in [0.5, 0.6) is 5.75 Å². The topological polar surface area (TPSA) is 126 Å². The fourth-order valence-corrected chi connectivity index (χ4v) is 3.15. The van der Waals surface area contributed by atoms with Crippen LogP contribution in [-0.2, 0) is 0 Å². The van der Waals surface area contributed by atoms with E-state index >= 15 is 0 Å². The van der Waals surface area contributed by atoms with Crippen molar-refractivity contribution in [1.29, 1.82) is 0 Å². The van der Waals surface area contributed by atoms with Gasteiger partial charge in [0.1, 0.15) is 24.0 Å². The number of amides is 3. The van der Waals surface area contributed by atoms with Gasteiger partial charge in [-0.15, -0.1) is 0 Å². The Balaban J connectivity index is 1.85. The summed E-state index contributed by atoms with van der Waals surface area (Å²) in [5, 5.41) is 2.30. The third-order valence-corrected chi connectivity index (χ3v) is 4.43. The van der Waals surface area contributed by atoms with E-state index in [4.69, 9.17) is 16.2 Å². The third kappa shape index (κ3) is 4.56. The van der Waals surface area contributed by atoms with Crippen molar-refractivity contribution in [2.24, 2.45) is 11.5 Å². The fraction of sp³-hybridized carbons (Fsp3) is 0.333. The van der Waals surface area contributed by atoms with Crippen molar-refractivity contribution in [3.63, 3.8) is 0 Å². The van der Waals surface area contributed by atoms with Gasteiger partial charge in [-0.2, -0.15) is 0 Å². The van der Waals surface area contributed by atoms with Crippen LogP contribution < -0.4 is 21.5 Å². The van der Waals surface area contributed by atoms with E-state index in [2.05, 4.69) is 15.2 Å². The van der Waals surface area contributed by atoms with Crippen molar-refractivity contribution in [3.05, 3.63) is 35.6 Å². The molecule has 0 saturated carbocycles. The lowest BCUT2D eigenvalue weighted by molar-refractivity contribution is 0.100. The molecule has 144 valence electrons. The van der Waals surface area contributed by atoms with Crippen molar-refractivity contribution in [2.75, 3.05) is 31.6 Å². The Labute approximate surface area is 155 Å². The summed E-state index contributed by atoms with van der Waals surface area (Å²) in [7, 11) is 0. The molecule has 1 fully saturated rings. The number of nitrogens with two attached hydrogens (primary N) is 2. The third-order valence-electron chi connectivity index (χ3n) is 4.43. The number of carbonyl (C=O) groups excluding carboxylic acids is 2. The summed E-state index contributed by atoms with van der Waals surface area (Å²) in [6.07, 6.45) is 2.38. The van der Waals surface area contributed by atoms with Crippen LogP contribution in [0.25, 0.3) is 11.3 Å². The van der Waals surface area contributed by atoms with Crippen molar-refractivity contribution < 1.29 is 18.7 Å². The largest absolute Gasteiger partial charge is 0.492 e. The Bertz CT molecular complexity index is 846. The molecular weight excluding hydrogens is 353 g/mol. The summed E-state index contributed by atoms with van der Waals surface area (Å²) in [4.78, 5) is 27.9. The highest BCUT2D eigenvalue weighted by Gasteiger charge is 2.18. The van der Waals surface area contributed by atoms with Gasteiger partial charge in [0, 0.05) is 12.1 Å². The van der Waals surface area contributed by atoms with E-state index in [9.17, 15) is 14.0 Å². The van der Waals surface area contributed by atoms with Crippen molar-refractivity contribution in [2.45, 2.75) is 12.8 Å². The van der Waals surface area contributed by atoms with Gasteiger partial charge in [-0.05, 0) is 50.2 Å². The monoisotopic (exact) mass is 375 g/mol. The van der Waals surface area contributed by atoms with Gasteiger partial charge >= 0.3 is 6.03 Å². The minimum Gasteiger partial charge on any atom is -0.492 e. The summed E-state index contributed by atoms with van der Waals surface area (Å²) in [6.45, 7) is 3.34. The zero-order valence-corrected chi connectivity index (χ0v) is 14.8. The number of carbonyl (C=O) groups is 2. The molecule has 1 saturated heterocycles. The number of halogens is 1. The van der Waals surface area contributed by atoms with Crippen LogP contribution >= 0.6 is 0 Å². The van der Waals surface area contributed by atoms with Crippen LogP contribution in [0.15, 0.2) is 24.3 Å². The van der Waals surface area contributed by atoms with Gasteiger partial charge < -0.3 is 21.2 Å². The van der Waals surface area contributed by atoms with Gasteiger partial charge in [-0.1, -0.05) is 0 Å². The lowest BCUT2D eigenvalue weighted by atomic mass is 10.1. The number of aromatic amines is 1. The number of aromatic nitrogens is 1. The Morgan fingerprint density at radius 3 is 2.63 bits per heavy atom. The smallest absolute Gasteiger partial charge is 0.317 e. The van der Waals surface area contributed by atoms with Crippen LogP contribution in [0, 0.1) is 5.82 Å². The van der Waals surface area contributed by atoms with Crippen LogP contribution in [-0.4, -0.2) is 48.1 Å². The molecular formula is C18H22FN5O3. The molecule has 0 unspecified atom stereocenters. The standard InChI is InChI=1S/C18H22FN5O3/c19-11-3-4-15(27-8-7-24-5-1-2-6-24)12(9-11)14-10-13(16(20)25)17(22-14)23-18(21)26/h3-4,9-10,22H,1-2,5-8H2,(H2,20,25)(H3,21,23,26). The number of urea groups is 1. The highest BCUT2D eigenvalue weighted by atomic mass is 19.1. The highest BCUT2D eigenvalue weighted by molar-refractivity contribution is 6.03. The van der Waals surface area contributed by atoms with Crippen molar-refractivity contribution in [1.82, 2.24) is 9.88 Å². The van der Waals surface area contributed by atoms with E-state index < -0.39 is 17.8 Å². The molecule has 0 radical (unpaired) electrons. The van der Waals surface area contributed by atoms with Crippen LogP contribution in [0.1, 0.15) is 23.2 Å². The van der Waals surface area contributed by atoms with E-state index in [0.29, 0.717) is 23.6 Å². The summed E-state index contributed by atoms with van der Waals surface area (Å²) in [6, 6.07) is 4.69. The first-order chi connectivity index (χ1) is 12.9. The van der Waals surface area contributed by atoms with Gasteiger partial charge in [0.05, 0.1) is 11.3 Å². The number of anilines is 1. The maximum Gasteiger partial charge on any atom is 0.317 e. The van der Waals surface area contributed by atoms with E-state index in [0.717, 1.165) is 19.6 Å². The SMILES string of the molecule is NC(=O)Nc1[nH]c(-c2cc(F)ccc2OCCN2CCCC2)cc1C(N)=O. The zero-order valence-electron chi connectivity index (χ0n) is 14.8. The molecule has 1 aromatic heterocycles. The molecule has 6 N–H and O–H groups in total. The number of ether oxygens (including phenoxy) is 1. The number of hydrogen-bond donors (Lipinski definition) is 4. The Hall–Kier alpha value is -3.07. The molecule has 8 nitrogen and oxygen atoms in total. The van der Waals surface area contributed by atoms with Gasteiger partial charge in [0.15, 0.2) is 0 Å². The van der Waals surface area contributed by atoms with Crippen molar-refractivity contribution >= 4 is 17.8 Å². The number of H-pyrrole nitrogens is 1. The Morgan fingerprint density at radius 2 is 1.96 bits per heavy atom. The number of likely N-dealkylation sites (tertiary alicyclic amines) is 1. The second kappa shape index (κ2) is 8.09. The van der Waals surface area contributed by atoms with Crippen molar-refractivity contribution in [3.8, 4) is 17.0 Å². The normalized spacial score (nSPS) is 14.3. The second-order valence-electron chi connectivity index (χ2n) is 6.36. The number of benzene rings is 1. The average molecular weight is 375 g/mol. The molecule has 27 heavy (non-hydrogen) atoms. The van der Waals surface area contributed by atoms with E-state index in [1.165, 1.54) is 37.1 Å². The highest BCUT2D eigenvalue weighted by Crippen LogP contribution is 2.33. The maximum atomic E-state index is 13.8. The molecule has 0 atom stereocenters. The van der Waals surface area contributed by atoms with E-state index in [1.54, 1.807) is 0 Å². The zero-order chi connectivity index (χ0) is 19.4. The van der Waals surface area contributed by atoms with E-state index in [1.807, 2.05) is 0 Å². The number of primary amides is 2. The Kier molecular flexibility index (Phi) is 5.60. The molecule has 1 aromatic carbocycles. The number of hydrogen-bond acceptors (Lipinski definition) is 4. The average Bonchev–Trinajstić information content (AvgIpc) is 3.25. The van der Waals surface area contributed by atoms with Gasteiger partial charge in [0.2, 0.25) is 0 Å². The predicted molar refractivity (Wildman–Crippen MR) is 99.1 cm³/mol. The summed E-state index contributed by atoms with van der Waals surface area (Å²) in [5.41, 5.74) is 11.3. The number of nitrogens with one attached hydrogen (secondary N) is 2. The molecule has 0 bridgehead atoms. The number of rotatable bonds is 7. The first-order valence-corrected chi connectivity index (χ1v) is 8.68. The fourth-order valence-electron chi connectivity index (χ4n) is 3.15. The first-order valence-electron chi connectivity index (χ1n) is 8.68. The molecule has 2 aromatic rings. The van der Waals surface area contributed by atoms with Crippen LogP contribution in [0.2, 0.25) is 0 Å². The second-order valence-corrected chi connectivity index (χ2v) is 6.36. The molecule has 1 aliphatic heterocycles. The minimum absolute atomic E-state index is 0.0380. The van der Waals surface area contributed by atoms with Gasteiger partial charge in [-0.3, -0.25) is 15.0 Å². The number of nitrogens with zero attached hydrogens (tertiary/aromatic N) is 1. The molecule has 1 aliphatic rings. The lowest BCUT2D eigenvalue weighted by Crippen LogP contribution is -2.25. The molecule has 0 aliphatic carbocycles. The Morgan fingerprint density at radius 1 is 1.22 bits per heavy atom. The lowest BCUT2D eigenvalue weighted by Gasteiger charge is -2.16. The summed E-state index contributed by atoms with van der Waals surface area (Å²) in [5.74, 6) is -0.707.